The fraction of sp³-hybridized carbons (Fsp3) is 0.450. The number of ether oxygens (including phenoxy) is 1. The molecule has 0 amide bonds. The van der Waals surface area contributed by atoms with Gasteiger partial charge in [-0.2, -0.15) is 9.61 Å². The Hall–Kier alpha value is -2.94. The topological polar surface area (TPSA) is 94.9 Å². The fourth-order valence-corrected chi connectivity index (χ4v) is 4.01. The highest BCUT2D eigenvalue weighted by Gasteiger charge is 2.25. The first-order valence-electron chi connectivity index (χ1n) is 9.86. The summed E-state index contributed by atoms with van der Waals surface area (Å²) in [5, 5.41) is 4.62. The van der Waals surface area contributed by atoms with Gasteiger partial charge >= 0.3 is 11.7 Å². The molecule has 0 radical (unpaired) electrons. The van der Waals surface area contributed by atoms with Crippen LogP contribution < -0.4 is 16.3 Å². The van der Waals surface area contributed by atoms with Crippen molar-refractivity contribution in [2.75, 3.05) is 31.1 Å². The summed E-state index contributed by atoms with van der Waals surface area (Å²) in [5.74, 6) is -0.658. The second kappa shape index (κ2) is 7.47. The van der Waals surface area contributed by atoms with Crippen molar-refractivity contribution in [1.82, 2.24) is 14.2 Å². The Kier molecular flexibility index (Phi) is 4.99. The van der Waals surface area contributed by atoms with E-state index in [1.807, 2.05) is 11.8 Å². The number of benzene rings is 1. The largest absolute Gasteiger partial charge is 0.461 e. The Morgan fingerprint density at radius 1 is 1.31 bits per heavy atom. The van der Waals surface area contributed by atoms with Gasteiger partial charge in [-0.05, 0) is 50.9 Å². The third-order valence-corrected chi connectivity index (χ3v) is 5.51. The van der Waals surface area contributed by atoms with Crippen LogP contribution in [0.1, 0.15) is 30.8 Å². The van der Waals surface area contributed by atoms with E-state index in [0.29, 0.717) is 47.7 Å². The molecule has 29 heavy (non-hydrogen) atoms. The van der Waals surface area contributed by atoms with E-state index in [1.165, 1.54) is 16.7 Å². The molecule has 2 N–H and O–H groups in total. The van der Waals surface area contributed by atoms with Gasteiger partial charge in [0.25, 0.3) is 0 Å². The molecular weight excluding hydrogens is 377 g/mol. The van der Waals surface area contributed by atoms with Crippen LogP contribution in [0.4, 0.5) is 10.1 Å². The number of rotatable bonds is 5. The third-order valence-electron chi connectivity index (χ3n) is 5.51. The highest BCUT2D eigenvalue weighted by Crippen LogP contribution is 2.31. The second-order valence-corrected chi connectivity index (χ2v) is 7.23. The molecule has 154 valence electrons. The summed E-state index contributed by atoms with van der Waals surface area (Å²) in [4.78, 5) is 27.0. The summed E-state index contributed by atoms with van der Waals surface area (Å²) < 4.78 is 22.7. The molecule has 3 heterocycles. The number of carbonyl (C=O) groups is 1. The van der Waals surface area contributed by atoms with Crippen molar-refractivity contribution in [2.24, 2.45) is 11.7 Å². The highest BCUT2D eigenvalue weighted by molar-refractivity contribution is 5.98. The molecule has 2 aromatic heterocycles. The van der Waals surface area contributed by atoms with Crippen LogP contribution >= 0.6 is 0 Å². The van der Waals surface area contributed by atoms with Crippen molar-refractivity contribution in [1.29, 1.82) is 0 Å². The first-order chi connectivity index (χ1) is 14.0. The predicted molar refractivity (Wildman–Crippen MR) is 108 cm³/mol. The van der Waals surface area contributed by atoms with Crippen LogP contribution in [0.5, 0.6) is 0 Å². The average Bonchev–Trinajstić information content (AvgIpc) is 3.36. The lowest BCUT2D eigenvalue weighted by Gasteiger charge is -2.21. The minimum atomic E-state index is -0.617. The zero-order chi connectivity index (χ0) is 20.7. The summed E-state index contributed by atoms with van der Waals surface area (Å²) in [6, 6.07) is 4.60. The van der Waals surface area contributed by atoms with E-state index >= 15 is 4.39 Å². The van der Waals surface area contributed by atoms with Crippen LogP contribution in [0.3, 0.4) is 0 Å². The molecular formula is C20H24FN5O3. The smallest absolute Gasteiger partial charge is 0.358 e. The minimum absolute atomic E-state index is 0.0221. The van der Waals surface area contributed by atoms with Gasteiger partial charge in [-0.25, -0.2) is 14.0 Å². The molecule has 9 heteroatoms. The van der Waals surface area contributed by atoms with E-state index in [0.717, 1.165) is 17.5 Å². The normalized spacial score (nSPS) is 16.8. The number of hydrogen-bond acceptors (Lipinski definition) is 6. The van der Waals surface area contributed by atoms with Crippen LogP contribution in [0.25, 0.3) is 16.4 Å². The maximum absolute atomic E-state index is 15.1. The highest BCUT2D eigenvalue weighted by atomic mass is 19.1. The van der Waals surface area contributed by atoms with Gasteiger partial charge in [0.05, 0.1) is 23.3 Å². The van der Waals surface area contributed by atoms with Gasteiger partial charge in [-0.15, -0.1) is 0 Å². The molecule has 8 nitrogen and oxygen atoms in total. The molecule has 1 aliphatic rings. The molecule has 0 spiro atoms. The van der Waals surface area contributed by atoms with Crippen molar-refractivity contribution >= 4 is 28.1 Å². The molecule has 0 unspecified atom stereocenters. The van der Waals surface area contributed by atoms with Crippen LogP contribution in [0.2, 0.25) is 0 Å². The number of esters is 1. The van der Waals surface area contributed by atoms with Gasteiger partial charge in [0.2, 0.25) is 0 Å². The van der Waals surface area contributed by atoms with E-state index in [9.17, 15) is 9.59 Å². The van der Waals surface area contributed by atoms with Crippen LogP contribution in [-0.2, 0) is 11.3 Å². The molecule has 1 atom stereocenters. The standard InChI is InChI=1S/C20H24FN5O3/c1-3-25-16-9-18(24-6-5-12(10-22)11-24)14(21)7-13(16)17-8-15(19(27)29-4-2)23-26(17)20(25)28/h7-9,12H,3-6,10-11,22H2,1-2H3/t12-/m0/s1. The van der Waals surface area contributed by atoms with E-state index in [-0.39, 0.29) is 23.8 Å². The lowest BCUT2D eigenvalue weighted by Crippen LogP contribution is -2.28. The summed E-state index contributed by atoms with van der Waals surface area (Å²) >= 11 is 0. The second-order valence-electron chi connectivity index (χ2n) is 7.23. The Bertz CT molecular complexity index is 1150. The maximum atomic E-state index is 15.1. The number of nitrogens with zero attached hydrogens (tertiary/aromatic N) is 4. The number of aromatic nitrogens is 3. The van der Waals surface area contributed by atoms with E-state index < -0.39 is 5.97 Å². The molecule has 3 aromatic rings. The Morgan fingerprint density at radius 2 is 2.10 bits per heavy atom. The molecule has 0 bridgehead atoms. The predicted octanol–water partition coefficient (Wildman–Crippen LogP) is 1.77. The van der Waals surface area contributed by atoms with Crippen LogP contribution in [0, 0.1) is 11.7 Å². The minimum Gasteiger partial charge on any atom is -0.461 e. The summed E-state index contributed by atoms with van der Waals surface area (Å²) in [6.07, 6.45) is 0.916. The Balaban J connectivity index is 1.93. The lowest BCUT2D eigenvalue weighted by atomic mass is 10.1. The summed E-state index contributed by atoms with van der Waals surface area (Å²) in [5.41, 5.74) is 6.85. The van der Waals surface area contributed by atoms with Crippen molar-refractivity contribution in [3.05, 3.63) is 40.2 Å². The van der Waals surface area contributed by atoms with Crippen molar-refractivity contribution in [3.8, 4) is 0 Å². The van der Waals surface area contributed by atoms with Gasteiger partial charge in [-0.1, -0.05) is 0 Å². The first kappa shape index (κ1) is 19.4. The first-order valence-corrected chi connectivity index (χ1v) is 9.86. The van der Waals surface area contributed by atoms with Gasteiger partial charge in [0, 0.05) is 25.0 Å². The SMILES string of the molecule is CCOC(=O)c1cc2c3cc(F)c(N4CC[C@@H](CN)C4)cc3n(CC)c(=O)n2n1. The number of hydrogen-bond donors (Lipinski definition) is 1. The number of anilines is 1. The maximum Gasteiger partial charge on any atom is 0.358 e. The van der Waals surface area contributed by atoms with E-state index in [2.05, 4.69) is 5.10 Å². The summed E-state index contributed by atoms with van der Waals surface area (Å²) in [7, 11) is 0. The number of fused-ring (bicyclic) bond motifs is 3. The zero-order valence-electron chi connectivity index (χ0n) is 16.5. The Labute approximate surface area is 166 Å². The fourth-order valence-electron chi connectivity index (χ4n) is 4.01. The average molecular weight is 401 g/mol. The van der Waals surface area contributed by atoms with Crippen molar-refractivity contribution < 1.29 is 13.9 Å². The molecule has 1 saturated heterocycles. The van der Waals surface area contributed by atoms with Gasteiger partial charge in [0.15, 0.2) is 5.69 Å². The molecule has 1 fully saturated rings. The third kappa shape index (κ3) is 3.15. The summed E-state index contributed by atoms with van der Waals surface area (Å²) in [6.45, 7) is 6.10. The van der Waals surface area contributed by atoms with Crippen LogP contribution in [0.15, 0.2) is 23.0 Å². The van der Waals surface area contributed by atoms with Gasteiger partial charge in [0.1, 0.15) is 5.82 Å². The van der Waals surface area contributed by atoms with Crippen molar-refractivity contribution in [2.45, 2.75) is 26.8 Å². The molecule has 0 saturated carbocycles. The van der Waals surface area contributed by atoms with E-state index in [4.69, 9.17) is 10.5 Å². The van der Waals surface area contributed by atoms with Gasteiger partial charge in [-0.3, -0.25) is 4.57 Å². The van der Waals surface area contributed by atoms with E-state index in [1.54, 1.807) is 13.0 Å². The quantitative estimate of drug-likeness (QED) is 0.655. The number of halogens is 1. The lowest BCUT2D eigenvalue weighted by molar-refractivity contribution is 0.0519. The number of carbonyl (C=O) groups excluding carboxylic acids is 1. The molecule has 1 aromatic carbocycles. The number of aryl methyl sites for hydroxylation is 1. The molecule has 0 aliphatic carbocycles. The molecule has 4 rings (SSSR count). The molecule has 1 aliphatic heterocycles. The Morgan fingerprint density at radius 3 is 2.76 bits per heavy atom. The monoisotopic (exact) mass is 401 g/mol. The zero-order valence-corrected chi connectivity index (χ0v) is 16.5. The number of nitrogens with two attached hydrogens (primary N) is 1. The van der Waals surface area contributed by atoms with Gasteiger partial charge < -0.3 is 15.4 Å². The van der Waals surface area contributed by atoms with Crippen LogP contribution in [-0.4, -0.2) is 46.4 Å². The van der Waals surface area contributed by atoms with Crippen molar-refractivity contribution in [3.63, 3.8) is 0 Å².